The van der Waals surface area contributed by atoms with Gasteiger partial charge in [-0.3, -0.25) is 0 Å². The molecule has 0 radical (unpaired) electrons. The van der Waals surface area contributed by atoms with E-state index in [2.05, 4.69) is 16.5 Å². The van der Waals surface area contributed by atoms with Crippen molar-refractivity contribution < 1.29 is 0 Å². The van der Waals surface area contributed by atoms with Crippen LogP contribution >= 0.6 is 23.4 Å². The predicted octanol–water partition coefficient (Wildman–Crippen LogP) is 3.59. The molecule has 1 atom stereocenters. The number of halogens is 1. The number of rotatable bonds is 3. The fourth-order valence-corrected chi connectivity index (χ4v) is 4.02. The number of hydrogen-bond donors (Lipinski definition) is 0. The molecule has 0 aliphatic carbocycles. The quantitative estimate of drug-likeness (QED) is 0.811. The van der Waals surface area contributed by atoms with Crippen molar-refractivity contribution in [1.29, 1.82) is 0 Å². The van der Waals surface area contributed by atoms with Crippen LogP contribution in [0.1, 0.15) is 30.3 Å². The van der Waals surface area contributed by atoms with E-state index in [9.17, 15) is 0 Å². The molecule has 0 N–H and O–H groups in total. The summed E-state index contributed by atoms with van der Waals surface area (Å²) in [5.74, 6) is 4.15. The Bertz CT molecular complexity index is 575. The van der Waals surface area contributed by atoms with E-state index in [1.165, 1.54) is 24.2 Å². The highest BCUT2D eigenvalue weighted by Gasteiger charge is 2.22. The van der Waals surface area contributed by atoms with Crippen molar-refractivity contribution in [3.8, 4) is 0 Å². The Morgan fingerprint density at radius 1 is 1.53 bits per heavy atom. The number of pyridine rings is 1. The summed E-state index contributed by atoms with van der Waals surface area (Å²) >= 11 is 7.97. The van der Waals surface area contributed by atoms with Gasteiger partial charge >= 0.3 is 0 Å². The molecule has 3 heterocycles. The van der Waals surface area contributed by atoms with Gasteiger partial charge in [0.25, 0.3) is 0 Å². The van der Waals surface area contributed by atoms with Crippen molar-refractivity contribution in [2.45, 2.75) is 32.2 Å². The number of thioether (sulfide) groups is 1. The van der Waals surface area contributed by atoms with Crippen LogP contribution in [-0.2, 0) is 6.42 Å². The SMILES string of the molecule is Cc1ccnc2c1nc(CCCl)n2C1CCCSC1. The number of hydrogen-bond acceptors (Lipinski definition) is 3. The Hall–Kier alpha value is -0.740. The van der Waals surface area contributed by atoms with Crippen LogP contribution in [0.5, 0.6) is 0 Å². The second-order valence-electron chi connectivity index (χ2n) is 5.01. The van der Waals surface area contributed by atoms with E-state index >= 15 is 0 Å². The van der Waals surface area contributed by atoms with Crippen molar-refractivity contribution in [1.82, 2.24) is 14.5 Å². The first kappa shape index (κ1) is 13.3. The van der Waals surface area contributed by atoms with Gasteiger partial charge in [0.05, 0.1) is 0 Å². The Morgan fingerprint density at radius 2 is 2.42 bits per heavy atom. The van der Waals surface area contributed by atoms with Crippen molar-refractivity contribution in [2.75, 3.05) is 17.4 Å². The number of imidazole rings is 1. The van der Waals surface area contributed by atoms with Gasteiger partial charge in [0.2, 0.25) is 0 Å². The molecular formula is C14H18ClN3S. The van der Waals surface area contributed by atoms with Crippen LogP contribution in [0.25, 0.3) is 11.2 Å². The van der Waals surface area contributed by atoms with E-state index < -0.39 is 0 Å². The van der Waals surface area contributed by atoms with Gasteiger partial charge in [0.1, 0.15) is 11.3 Å². The molecule has 0 bridgehead atoms. The third-order valence-electron chi connectivity index (χ3n) is 3.67. The minimum Gasteiger partial charge on any atom is -0.309 e. The number of aryl methyl sites for hydroxylation is 2. The average Bonchev–Trinajstić information content (AvgIpc) is 2.80. The lowest BCUT2D eigenvalue weighted by atomic mass is 10.1. The molecular weight excluding hydrogens is 278 g/mol. The normalized spacial score (nSPS) is 20.0. The molecule has 0 saturated carbocycles. The maximum absolute atomic E-state index is 5.94. The topological polar surface area (TPSA) is 30.7 Å². The average molecular weight is 296 g/mol. The van der Waals surface area contributed by atoms with Crippen LogP contribution in [0.4, 0.5) is 0 Å². The summed E-state index contributed by atoms with van der Waals surface area (Å²) in [7, 11) is 0. The highest BCUT2D eigenvalue weighted by atomic mass is 35.5. The van der Waals surface area contributed by atoms with Gasteiger partial charge in [0, 0.05) is 30.3 Å². The molecule has 1 aliphatic rings. The summed E-state index contributed by atoms with van der Waals surface area (Å²) in [5.41, 5.74) is 3.27. The minimum absolute atomic E-state index is 0.524. The van der Waals surface area contributed by atoms with Crippen molar-refractivity contribution in [3.63, 3.8) is 0 Å². The first-order valence-electron chi connectivity index (χ1n) is 6.77. The molecule has 1 aliphatic heterocycles. The van der Waals surface area contributed by atoms with Crippen LogP contribution in [0.2, 0.25) is 0 Å². The highest BCUT2D eigenvalue weighted by molar-refractivity contribution is 7.99. The van der Waals surface area contributed by atoms with E-state index in [0.717, 1.165) is 29.2 Å². The van der Waals surface area contributed by atoms with Crippen LogP contribution in [0.3, 0.4) is 0 Å². The maximum atomic E-state index is 5.94. The van der Waals surface area contributed by atoms with Gasteiger partial charge in [-0.05, 0) is 37.1 Å². The van der Waals surface area contributed by atoms with Crippen LogP contribution in [0.15, 0.2) is 12.3 Å². The van der Waals surface area contributed by atoms with E-state index in [0.29, 0.717) is 11.9 Å². The van der Waals surface area contributed by atoms with Crippen molar-refractivity contribution >= 4 is 34.5 Å². The Labute approximate surface area is 122 Å². The predicted molar refractivity (Wildman–Crippen MR) is 82.3 cm³/mol. The van der Waals surface area contributed by atoms with Crippen molar-refractivity contribution in [3.05, 3.63) is 23.7 Å². The molecule has 3 rings (SSSR count). The molecule has 0 spiro atoms. The second-order valence-corrected chi connectivity index (χ2v) is 6.54. The second kappa shape index (κ2) is 5.71. The molecule has 2 aromatic rings. The first-order valence-corrected chi connectivity index (χ1v) is 8.46. The van der Waals surface area contributed by atoms with Gasteiger partial charge in [0.15, 0.2) is 5.65 Å². The number of nitrogens with zero attached hydrogens (tertiary/aromatic N) is 3. The molecule has 2 aromatic heterocycles. The third kappa shape index (κ3) is 2.48. The lowest BCUT2D eigenvalue weighted by molar-refractivity contribution is 0.493. The zero-order valence-electron chi connectivity index (χ0n) is 11.1. The van der Waals surface area contributed by atoms with E-state index in [1.807, 2.05) is 24.0 Å². The maximum Gasteiger partial charge on any atom is 0.160 e. The van der Waals surface area contributed by atoms with E-state index in [-0.39, 0.29) is 0 Å². The van der Waals surface area contributed by atoms with Gasteiger partial charge in [-0.2, -0.15) is 11.8 Å². The van der Waals surface area contributed by atoms with E-state index in [4.69, 9.17) is 16.6 Å². The lowest BCUT2D eigenvalue weighted by Gasteiger charge is -2.24. The standard InChI is InChI=1S/C14H18ClN3S/c1-10-5-7-16-14-13(10)17-12(4-6-15)18(14)11-3-2-8-19-9-11/h5,7,11H,2-4,6,8-9H2,1H3. The Balaban J connectivity index is 2.13. The molecule has 19 heavy (non-hydrogen) atoms. The molecule has 102 valence electrons. The summed E-state index contributed by atoms with van der Waals surface area (Å²) < 4.78 is 2.34. The van der Waals surface area contributed by atoms with Gasteiger partial charge in [-0.15, -0.1) is 11.6 Å². The minimum atomic E-state index is 0.524. The largest absolute Gasteiger partial charge is 0.309 e. The van der Waals surface area contributed by atoms with Crippen LogP contribution < -0.4 is 0 Å². The van der Waals surface area contributed by atoms with Gasteiger partial charge in [-0.1, -0.05) is 0 Å². The van der Waals surface area contributed by atoms with Crippen molar-refractivity contribution in [2.24, 2.45) is 0 Å². The fourth-order valence-electron chi connectivity index (χ4n) is 2.73. The number of fused-ring (bicyclic) bond motifs is 1. The summed E-state index contributed by atoms with van der Waals surface area (Å²) in [6.45, 7) is 2.10. The van der Waals surface area contributed by atoms with E-state index in [1.54, 1.807) is 0 Å². The zero-order valence-corrected chi connectivity index (χ0v) is 12.7. The molecule has 0 aromatic carbocycles. The molecule has 0 amide bonds. The summed E-state index contributed by atoms with van der Waals surface area (Å²) in [6, 6.07) is 2.55. The van der Waals surface area contributed by atoms with Gasteiger partial charge in [-0.25, -0.2) is 9.97 Å². The number of aromatic nitrogens is 3. The highest BCUT2D eigenvalue weighted by Crippen LogP contribution is 2.31. The summed E-state index contributed by atoms with van der Waals surface area (Å²) in [6.07, 6.45) is 5.21. The molecule has 3 nitrogen and oxygen atoms in total. The Kier molecular flexibility index (Phi) is 3.99. The number of alkyl halides is 1. The Morgan fingerprint density at radius 3 is 3.16 bits per heavy atom. The summed E-state index contributed by atoms with van der Waals surface area (Å²) in [5, 5.41) is 0. The summed E-state index contributed by atoms with van der Waals surface area (Å²) in [4.78, 5) is 9.35. The van der Waals surface area contributed by atoms with Crippen LogP contribution in [0, 0.1) is 6.92 Å². The first-order chi connectivity index (χ1) is 9.31. The fraction of sp³-hybridized carbons (Fsp3) is 0.571. The lowest BCUT2D eigenvalue weighted by Crippen LogP contribution is -2.19. The zero-order chi connectivity index (χ0) is 13.2. The molecule has 5 heteroatoms. The monoisotopic (exact) mass is 295 g/mol. The van der Waals surface area contributed by atoms with Crippen LogP contribution in [-0.4, -0.2) is 31.9 Å². The van der Waals surface area contributed by atoms with Gasteiger partial charge < -0.3 is 4.57 Å². The third-order valence-corrected chi connectivity index (χ3v) is 5.06. The molecule has 1 unspecified atom stereocenters. The molecule has 1 fully saturated rings. The smallest absolute Gasteiger partial charge is 0.160 e. The molecule has 1 saturated heterocycles.